The number of hydrogen-bond acceptors (Lipinski definition) is 6. The van der Waals surface area contributed by atoms with Gasteiger partial charge in [0.15, 0.2) is 0 Å². The van der Waals surface area contributed by atoms with Crippen LogP contribution in [-0.2, 0) is 9.59 Å². The molecule has 2 heterocycles. The normalized spacial score (nSPS) is 17.8. The fourth-order valence-electron chi connectivity index (χ4n) is 4.61. The molecular formula is C29H24N2O5. The van der Waals surface area contributed by atoms with Gasteiger partial charge in [-0.05, 0) is 42.0 Å². The van der Waals surface area contributed by atoms with Gasteiger partial charge in [0.2, 0.25) is 0 Å². The van der Waals surface area contributed by atoms with Gasteiger partial charge < -0.3 is 14.4 Å². The molecule has 2 atom stereocenters. The van der Waals surface area contributed by atoms with Crippen molar-refractivity contribution in [1.82, 2.24) is 5.16 Å². The van der Waals surface area contributed by atoms with Crippen molar-refractivity contribution in [2.75, 3.05) is 12.0 Å². The molecule has 1 aromatic heterocycles. The lowest BCUT2D eigenvalue weighted by atomic mass is 9.87. The van der Waals surface area contributed by atoms with Gasteiger partial charge in [-0.25, -0.2) is 0 Å². The molecule has 0 bridgehead atoms. The van der Waals surface area contributed by atoms with Gasteiger partial charge in [-0.15, -0.1) is 0 Å². The summed E-state index contributed by atoms with van der Waals surface area (Å²) in [5.74, 6) is -1.30. The third-order valence-electron chi connectivity index (χ3n) is 6.53. The molecule has 1 saturated heterocycles. The van der Waals surface area contributed by atoms with Gasteiger partial charge in [0.1, 0.15) is 23.5 Å². The number of aliphatic hydroxyl groups excluding tert-OH is 1. The molecule has 0 saturated carbocycles. The third kappa shape index (κ3) is 4.05. The zero-order valence-corrected chi connectivity index (χ0v) is 19.8. The smallest absolute Gasteiger partial charge is 0.299 e. The molecule has 0 radical (unpaired) electrons. The number of nitrogens with zero attached hydrogens (tertiary/aromatic N) is 2. The Morgan fingerprint density at radius 1 is 0.972 bits per heavy atom. The number of anilines is 1. The quantitative estimate of drug-likeness (QED) is 0.225. The Kier molecular flexibility index (Phi) is 6.12. The second-order valence-corrected chi connectivity index (χ2v) is 8.57. The maximum Gasteiger partial charge on any atom is 0.299 e. The van der Waals surface area contributed by atoms with E-state index in [4.69, 9.17) is 9.26 Å². The fraction of sp³-hybridized carbons (Fsp3) is 0.138. The predicted octanol–water partition coefficient (Wildman–Crippen LogP) is 5.41. The Morgan fingerprint density at radius 3 is 2.28 bits per heavy atom. The number of carbonyl (C=O) groups is 2. The number of benzene rings is 3. The first-order chi connectivity index (χ1) is 17.5. The van der Waals surface area contributed by atoms with Crippen molar-refractivity contribution in [3.05, 3.63) is 108 Å². The van der Waals surface area contributed by atoms with Crippen molar-refractivity contribution in [2.45, 2.75) is 18.9 Å². The van der Waals surface area contributed by atoms with Crippen LogP contribution in [0.4, 0.5) is 5.69 Å². The summed E-state index contributed by atoms with van der Waals surface area (Å²) in [6.07, 6.45) is 1.49. The summed E-state index contributed by atoms with van der Waals surface area (Å²) >= 11 is 0. The van der Waals surface area contributed by atoms with Crippen molar-refractivity contribution < 1.29 is 24.0 Å². The van der Waals surface area contributed by atoms with E-state index in [-0.39, 0.29) is 17.3 Å². The molecule has 0 aliphatic carbocycles. The van der Waals surface area contributed by atoms with Crippen LogP contribution in [0.1, 0.15) is 24.0 Å². The molecule has 180 valence electrons. The van der Waals surface area contributed by atoms with Crippen LogP contribution in [0, 0.1) is 0 Å². The van der Waals surface area contributed by atoms with Gasteiger partial charge in [0.25, 0.3) is 11.7 Å². The van der Waals surface area contributed by atoms with E-state index < -0.39 is 17.7 Å². The predicted molar refractivity (Wildman–Crippen MR) is 136 cm³/mol. The number of hydrogen-bond donors (Lipinski definition) is 1. The molecule has 3 aromatic carbocycles. The number of aliphatic hydroxyl groups is 1. The summed E-state index contributed by atoms with van der Waals surface area (Å²) in [7, 11) is 1.55. The summed E-state index contributed by atoms with van der Waals surface area (Å²) in [5.41, 5.74) is 3.47. The van der Waals surface area contributed by atoms with Gasteiger partial charge in [0.05, 0.1) is 18.7 Å². The van der Waals surface area contributed by atoms with Crippen LogP contribution in [0.5, 0.6) is 5.75 Å². The Balaban J connectivity index is 1.63. The first-order valence-electron chi connectivity index (χ1n) is 11.5. The van der Waals surface area contributed by atoms with E-state index in [0.717, 1.165) is 11.1 Å². The van der Waals surface area contributed by atoms with Crippen LogP contribution in [-0.4, -0.2) is 35.1 Å². The summed E-state index contributed by atoms with van der Waals surface area (Å²) in [5, 5.41) is 15.2. The van der Waals surface area contributed by atoms with Crippen LogP contribution in [0.2, 0.25) is 0 Å². The number of ketones is 1. The minimum Gasteiger partial charge on any atom is -0.507 e. The molecule has 4 aromatic rings. The van der Waals surface area contributed by atoms with Crippen molar-refractivity contribution >= 4 is 23.1 Å². The Morgan fingerprint density at radius 2 is 1.67 bits per heavy atom. The summed E-state index contributed by atoms with van der Waals surface area (Å²) in [4.78, 5) is 28.2. The van der Waals surface area contributed by atoms with Crippen molar-refractivity contribution in [3.63, 3.8) is 0 Å². The molecule has 5 rings (SSSR count). The van der Waals surface area contributed by atoms with Gasteiger partial charge in [-0.2, -0.15) is 0 Å². The van der Waals surface area contributed by atoms with E-state index in [2.05, 4.69) is 5.16 Å². The van der Waals surface area contributed by atoms with Crippen LogP contribution in [0.15, 0.2) is 101 Å². The van der Waals surface area contributed by atoms with E-state index in [9.17, 15) is 14.7 Å². The average Bonchev–Trinajstić information content (AvgIpc) is 3.56. The highest BCUT2D eigenvalue weighted by Crippen LogP contribution is 2.40. The monoisotopic (exact) mass is 480 g/mol. The summed E-state index contributed by atoms with van der Waals surface area (Å²) in [6.45, 7) is 1.95. The number of methoxy groups -OCH3 is 1. The third-order valence-corrected chi connectivity index (χ3v) is 6.53. The number of ether oxygens (including phenoxy) is 1. The Hall–Kier alpha value is -4.65. The van der Waals surface area contributed by atoms with Gasteiger partial charge in [-0.1, -0.05) is 54.5 Å². The highest BCUT2D eigenvalue weighted by Gasteiger charge is 2.48. The molecule has 1 aliphatic rings. The SMILES string of the molecule is COc1ccc(C(O)=C2C(=O)C(=O)N(c3ccc(-c4ccon4)cc3)C2C(C)c2ccccc2)cc1. The molecule has 7 nitrogen and oxygen atoms in total. The maximum absolute atomic E-state index is 13.4. The first kappa shape index (κ1) is 23.1. The summed E-state index contributed by atoms with van der Waals surface area (Å²) < 4.78 is 10.1. The van der Waals surface area contributed by atoms with Gasteiger partial charge in [-0.3, -0.25) is 14.5 Å². The zero-order chi connectivity index (χ0) is 25.2. The van der Waals surface area contributed by atoms with Gasteiger partial charge in [0, 0.05) is 28.8 Å². The van der Waals surface area contributed by atoms with Crippen molar-refractivity contribution in [1.29, 1.82) is 0 Å². The molecule has 1 N–H and O–H groups in total. The minimum absolute atomic E-state index is 0.0714. The fourth-order valence-corrected chi connectivity index (χ4v) is 4.61. The van der Waals surface area contributed by atoms with Crippen LogP contribution < -0.4 is 9.64 Å². The maximum atomic E-state index is 13.4. The average molecular weight is 481 g/mol. The zero-order valence-electron chi connectivity index (χ0n) is 19.8. The van der Waals surface area contributed by atoms with Crippen LogP contribution >= 0.6 is 0 Å². The Bertz CT molecular complexity index is 1410. The molecule has 0 spiro atoms. The molecule has 1 aliphatic heterocycles. The second kappa shape index (κ2) is 9.54. The van der Waals surface area contributed by atoms with Crippen LogP contribution in [0.25, 0.3) is 17.0 Å². The molecular weight excluding hydrogens is 456 g/mol. The second-order valence-electron chi connectivity index (χ2n) is 8.57. The van der Waals surface area contributed by atoms with E-state index in [1.165, 1.54) is 11.2 Å². The van der Waals surface area contributed by atoms with Crippen molar-refractivity contribution in [3.8, 4) is 17.0 Å². The van der Waals surface area contributed by atoms with E-state index in [0.29, 0.717) is 22.7 Å². The van der Waals surface area contributed by atoms with E-state index in [1.807, 2.05) is 49.4 Å². The van der Waals surface area contributed by atoms with Crippen molar-refractivity contribution in [2.24, 2.45) is 0 Å². The highest BCUT2D eigenvalue weighted by molar-refractivity contribution is 6.52. The number of rotatable bonds is 6. The number of carbonyl (C=O) groups excluding carboxylic acids is 2. The van der Waals surface area contributed by atoms with Crippen LogP contribution in [0.3, 0.4) is 0 Å². The molecule has 2 unspecified atom stereocenters. The Labute approximate surface area is 208 Å². The standard InChI is InChI=1S/C29H24N2O5/c1-18(19-6-4-3-5-7-19)26-25(27(32)21-10-14-23(35-2)15-11-21)28(33)29(34)31(26)22-12-8-20(9-13-22)24-16-17-36-30-24/h3-18,26,32H,1-2H3. The largest absolute Gasteiger partial charge is 0.507 e. The number of Topliss-reactive ketones (excluding diaryl/α,β-unsaturated/α-hetero) is 1. The summed E-state index contributed by atoms with van der Waals surface area (Å²) in [6, 6.07) is 24.6. The molecule has 1 fully saturated rings. The first-order valence-corrected chi connectivity index (χ1v) is 11.5. The topological polar surface area (TPSA) is 92.9 Å². The number of amides is 1. The van der Waals surface area contributed by atoms with E-state index in [1.54, 1.807) is 49.6 Å². The van der Waals surface area contributed by atoms with E-state index >= 15 is 0 Å². The lowest BCUT2D eigenvalue weighted by Crippen LogP contribution is -2.37. The highest BCUT2D eigenvalue weighted by atomic mass is 16.5. The number of aromatic nitrogens is 1. The lowest BCUT2D eigenvalue weighted by Gasteiger charge is -2.30. The molecule has 1 amide bonds. The lowest BCUT2D eigenvalue weighted by molar-refractivity contribution is -0.132. The molecule has 36 heavy (non-hydrogen) atoms. The molecule has 7 heteroatoms. The minimum atomic E-state index is -0.725. The van der Waals surface area contributed by atoms with Gasteiger partial charge >= 0.3 is 0 Å².